The zero-order valence-electron chi connectivity index (χ0n) is 14.8. The molecule has 1 heterocycles. The molecule has 4 aromatic rings. The van der Waals surface area contributed by atoms with Crippen molar-refractivity contribution in [1.29, 1.82) is 0 Å². The van der Waals surface area contributed by atoms with E-state index in [0.717, 1.165) is 34.0 Å². The van der Waals surface area contributed by atoms with Gasteiger partial charge >= 0.3 is 0 Å². The van der Waals surface area contributed by atoms with Crippen molar-refractivity contribution in [3.63, 3.8) is 0 Å². The van der Waals surface area contributed by atoms with Crippen molar-refractivity contribution in [2.24, 2.45) is 0 Å². The molecule has 0 radical (unpaired) electrons. The normalized spacial score (nSPS) is 12.7. The van der Waals surface area contributed by atoms with Crippen LogP contribution in [0.4, 0.5) is 11.4 Å². The number of anilines is 2. The van der Waals surface area contributed by atoms with E-state index in [0.29, 0.717) is 13.2 Å². The molecule has 0 fully saturated rings. The SMILES string of the molecule is c1ccc(-c2cc3c(cc2Nc2cccc4ccccc24)OCCO3)cc1. The van der Waals surface area contributed by atoms with Gasteiger partial charge in [-0.1, -0.05) is 66.7 Å². The highest BCUT2D eigenvalue weighted by atomic mass is 16.6. The first-order valence-corrected chi connectivity index (χ1v) is 9.12. The number of hydrogen-bond acceptors (Lipinski definition) is 3. The van der Waals surface area contributed by atoms with Crippen molar-refractivity contribution < 1.29 is 9.47 Å². The topological polar surface area (TPSA) is 30.5 Å². The number of nitrogens with one attached hydrogen (secondary N) is 1. The maximum Gasteiger partial charge on any atom is 0.163 e. The van der Waals surface area contributed by atoms with E-state index < -0.39 is 0 Å². The lowest BCUT2D eigenvalue weighted by Crippen LogP contribution is -2.15. The molecule has 5 rings (SSSR count). The van der Waals surface area contributed by atoms with Crippen LogP contribution in [0.15, 0.2) is 84.9 Å². The summed E-state index contributed by atoms with van der Waals surface area (Å²) in [6.45, 7) is 1.16. The van der Waals surface area contributed by atoms with Gasteiger partial charge in [-0.25, -0.2) is 0 Å². The van der Waals surface area contributed by atoms with Gasteiger partial charge in [0.2, 0.25) is 0 Å². The third kappa shape index (κ3) is 2.97. The van der Waals surface area contributed by atoms with Crippen LogP contribution in [-0.4, -0.2) is 13.2 Å². The lowest BCUT2D eigenvalue weighted by atomic mass is 10.0. The highest BCUT2D eigenvalue weighted by Crippen LogP contribution is 2.42. The Kier molecular flexibility index (Phi) is 3.91. The van der Waals surface area contributed by atoms with E-state index in [4.69, 9.17) is 9.47 Å². The molecule has 1 aliphatic heterocycles. The highest BCUT2D eigenvalue weighted by Gasteiger charge is 2.17. The van der Waals surface area contributed by atoms with E-state index in [9.17, 15) is 0 Å². The van der Waals surface area contributed by atoms with Gasteiger partial charge in [-0.15, -0.1) is 0 Å². The van der Waals surface area contributed by atoms with Crippen molar-refractivity contribution in [2.75, 3.05) is 18.5 Å². The zero-order valence-corrected chi connectivity index (χ0v) is 14.8. The number of fused-ring (bicyclic) bond motifs is 2. The summed E-state index contributed by atoms with van der Waals surface area (Å²) >= 11 is 0. The first-order valence-electron chi connectivity index (χ1n) is 9.12. The van der Waals surface area contributed by atoms with Crippen molar-refractivity contribution in [3.8, 4) is 22.6 Å². The Bertz CT molecular complexity index is 1100. The number of ether oxygens (including phenoxy) is 2. The number of benzene rings is 4. The van der Waals surface area contributed by atoms with E-state index in [1.807, 2.05) is 24.3 Å². The molecule has 0 aromatic heterocycles. The molecule has 0 atom stereocenters. The molecule has 3 nitrogen and oxygen atoms in total. The van der Waals surface area contributed by atoms with Gasteiger partial charge < -0.3 is 14.8 Å². The molecule has 0 spiro atoms. The van der Waals surface area contributed by atoms with Crippen molar-refractivity contribution >= 4 is 22.1 Å². The second kappa shape index (κ2) is 6.69. The quantitative estimate of drug-likeness (QED) is 0.488. The van der Waals surface area contributed by atoms with Gasteiger partial charge in [-0.05, 0) is 23.1 Å². The summed E-state index contributed by atoms with van der Waals surface area (Å²) in [7, 11) is 0. The summed E-state index contributed by atoms with van der Waals surface area (Å²) in [4.78, 5) is 0. The minimum atomic E-state index is 0.575. The third-order valence-electron chi connectivity index (χ3n) is 4.83. The van der Waals surface area contributed by atoms with E-state index in [2.05, 4.69) is 66.0 Å². The minimum Gasteiger partial charge on any atom is -0.486 e. The molecule has 27 heavy (non-hydrogen) atoms. The molecule has 132 valence electrons. The van der Waals surface area contributed by atoms with Crippen molar-refractivity contribution in [2.45, 2.75) is 0 Å². The molecular weight excluding hydrogens is 334 g/mol. The summed E-state index contributed by atoms with van der Waals surface area (Å²) in [5.74, 6) is 1.58. The van der Waals surface area contributed by atoms with Crippen LogP contribution in [0, 0.1) is 0 Å². The Morgan fingerprint density at radius 1 is 0.630 bits per heavy atom. The molecule has 1 N–H and O–H groups in total. The molecule has 1 aliphatic rings. The molecule has 0 saturated carbocycles. The molecular formula is C24H19NO2. The van der Waals surface area contributed by atoms with Gasteiger partial charge in [-0.3, -0.25) is 0 Å². The maximum absolute atomic E-state index is 5.82. The smallest absolute Gasteiger partial charge is 0.163 e. The van der Waals surface area contributed by atoms with E-state index in [1.54, 1.807) is 0 Å². The van der Waals surface area contributed by atoms with Crippen LogP contribution in [0.5, 0.6) is 11.5 Å². The van der Waals surface area contributed by atoms with Crippen molar-refractivity contribution in [3.05, 3.63) is 84.9 Å². The van der Waals surface area contributed by atoms with Crippen LogP contribution in [0.2, 0.25) is 0 Å². The molecule has 0 saturated heterocycles. The lowest BCUT2D eigenvalue weighted by Gasteiger charge is -2.22. The Hall–Kier alpha value is -3.46. The lowest BCUT2D eigenvalue weighted by molar-refractivity contribution is 0.172. The van der Waals surface area contributed by atoms with Gasteiger partial charge in [0.1, 0.15) is 13.2 Å². The third-order valence-corrected chi connectivity index (χ3v) is 4.83. The van der Waals surface area contributed by atoms with E-state index in [1.165, 1.54) is 10.8 Å². The molecule has 0 amide bonds. The van der Waals surface area contributed by atoms with E-state index in [-0.39, 0.29) is 0 Å². The summed E-state index contributed by atoms with van der Waals surface area (Å²) < 4.78 is 11.6. The van der Waals surface area contributed by atoms with Gasteiger partial charge in [0.15, 0.2) is 11.5 Å². The average molecular weight is 353 g/mol. The first kappa shape index (κ1) is 15.8. The predicted molar refractivity (Wildman–Crippen MR) is 110 cm³/mol. The Balaban J connectivity index is 1.66. The molecule has 0 aliphatic carbocycles. The summed E-state index contributed by atoms with van der Waals surface area (Å²) in [6.07, 6.45) is 0. The van der Waals surface area contributed by atoms with Crippen LogP contribution in [0.25, 0.3) is 21.9 Å². The Morgan fingerprint density at radius 2 is 1.33 bits per heavy atom. The van der Waals surface area contributed by atoms with Crippen LogP contribution >= 0.6 is 0 Å². The number of hydrogen-bond donors (Lipinski definition) is 1. The second-order valence-corrected chi connectivity index (χ2v) is 6.56. The van der Waals surface area contributed by atoms with Crippen LogP contribution < -0.4 is 14.8 Å². The Labute approximate surface area is 158 Å². The Morgan fingerprint density at radius 3 is 2.19 bits per heavy atom. The second-order valence-electron chi connectivity index (χ2n) is 6.56. The number of rotatable bonds is 3. The first-order chi connectivity index (χ1) is 13.4. The van der Waals surface area contributed by atoms with Crippen molar-refractivity contribution in [1.82, 2.24) is 0 Å². The van der Waals surface area contributed by atoms with Crippen LogP contribution in [0.1, 0.15) is 0 Å². The van der Waals surface area contributed by atoms with Gasteiger partial charge in [0.25, 0.3) is 0 Å². The summed E-state index contributed by atoms with van der Waals surface area (Å²) in [6, 6.07) is 29.2. The molecule has 0 bridgehead atoms. The molecule has 0 unspecified atom stereocenters. The predicted octanol–water partition coefficient (Wildman–Crippen LogP) is 6.02. The zero-order chi connectivity index (χ0) is 18.1. The maximum atomic E-state index is 5.82. The fourth-order valence-electron chi connectivity index (χ4n) is 3.53. The fourth-order valence-corrected chi connectivity index (χ4v) is 3.53. The monoisotopic (exact) mass is 353 g/mol. The standard InChI is InChI=1S/C24H19NO2/c1-2-7-18(8-3-1)20-15-23-24(27-14-13-26-23)16-22(20)25-21-12-6-10-17-9-4-5-11-19(17)21/h1-12,15-16,25H,13-14H2. The minimum absolute atomic E-state index is 0.575. The van der Waals surface area contributed by atoms with Gasteiger partial charge in [0.05, 0.1) is 5.69 Å². The molecule has 4 aromatic carbocycles. The summed E-state index contributed by atoms with van der Waals surface area (Å²) in [5.41, 5.74) is 4.30. The largest absolute Gasteiger partial charge is 0.486 e. The van der Waals surface area contributed by atoms with Crippen LogP contribution in [-0.2, 0) is 0 Å². The van der Waals surface area contributed by atoms with E-state index >= 15 is 0 Å². The molecule has 3 heteroatoms. The average Bonchev–Trinajstić information content (AvgIpc) is 2.74. The summed E-state index contributed by atoms with van der Waals surface area (Å²) in [5, 5.41) is 6.03. The fraction of sp³-hybridized carbons (Fsp3) is 0.0833. The van der Waals surface area contributed by atoms with Crippen LogP contribution in [0.3, 0.4) is 0 Å². The van der Waals surface area contributed by atoms with Gasteiger partial charge in [0, 0.05) is 22.7 Å². The van der Waals surface area contributed by atoms with Gasteiger partial charge in [-0.2, -0.15) is 0 Å². The highest BCUT2D eigenvalue weighted by molar-refractivity contribution is 5.97.